The SMILES string of the molecule is NC(=O)C(NC(=O)c1ccc(Cl)c(Cl)c1)c1ccccc1. The predicted molar refractivity (Wildman–Crippen MR) is 82.3 cm³/mol. The molecule has 2 rings (SSSR count). The Labute approximate surface area is 131 Å². The molecule has 0 radical (unpaired) electrons. The molecule has 108 valence electrons. The number of nitrogens with one attached hydrogen (secondary N) is 1. The number of carbonyl (C=O) groups excluding carboxylic acids is 2. The van der Waals surface area contributed by atoms with Gasteiger partial charge in [0.2, 0.25) is 5.91 Å². The highest BCUT2D eigenvalue weighted by Crippen LogP contribution is 2.23. The topological polar surface area (TPSA) is 72.2 Å². The summed E-state index contributed by atoms with van der Waals surface area (Å²) in [7, 11) is 0. The maximum absolute atomic E-state index is 12.2. The van der Waals surface area contributed by atoms with Crippen LogP contribution in [0.4, 0.5) is 0 Å². The van der Waals surface area contributed by atoms with E-state index < -0.39 is 17.9 Å². The van der Waals surface area contributed by atoms with Crippen molar-refractivity contribution in [1.82, 2.24) is 5.32 Å². The zero-order valence-electron chi connectivity index (χ0n) is 10.8. The van der Waals surface area contributed by atoms with E-state index in [2.05, 4.69) is 5.32 Å². The lowest BCUT2D eigenvalue weighted by Gasteiger charge is -2.16. The standard InChI is InChI=1S/C15H12Cl2N2O2/c16-11-7-6-10(8-12(11)17)15(21)19-13(14(18)20)9-4-2-1-3-5-9/h1-8,13H,(H2,18,20)(H,19,21). The van der Waals surface area contributed by atoms with E-state index in [1.807, 2.05) is 6.07 Å². The van der Waals surface area contributed by atoms with Crippen molar-refractivity contribution in [3.63, 3.8) is 0 Å². The molecule has 1 atom stereocenters. The Kier molecular flexibility index (Phi) is 4.83. The molecule has 1 unspecified atom stereocenters. The van der Waals surface area contributed by atoms with Crippen molar-refractivity contribution < 1.29 is 9.59 Å². The van der Waals surface area contributed by atoms with Crippen LogP contribution in [0.3, 0.4) is 0 Å². The molecule has 2 amide bonds. The molecule has 0 saturated heterocycles. The summed E-state index contributed by atoms with van der Waals surface area (Å²) in [5.74, 6) is -1.10. The average Bonchev–Trinajstić information content (AvgIpc) is 2.48. The molecule has 0 spiro atoms. The molecule has 3 N–H and O–H groups in total. The molecule has 0 aliphatic heterocycles. The number of rotatable bonds is 4. The summed E-state index contributed by atoms with van der Waals surface area (Å²) in [6.07, 6.45) is 0. The summed E-state index contributed by atoms with van der Waals surface area (Å²) in [4.78, 5) is 23.7. The molecule has 0 aromatic heterocycles. The van der Waals surface area contributed by atoms with Crippen LogP contribution in [0, 0.1) is 0 Å². The van der Waals surface area contributed by atoms with E-state index in [1.54, 1.807) is 24.3 Å². The molecule has 0 bridgehead atoms. The third-order valence-electron chi connectivity index (χ3n) is 2.87. The monoisotopic (exact) mass is 322 g/mol. The summed E-state index contributed by atoms with van der Waals surface area (Å²) in [5, 5.41) is 3.19. The first kappa shape index (κ1) is 15.4. The molecular formula is C15H12Cl2N2O2. The predicted octanol–water partition coefficient (Wildman–Crippen LogP) is 2.95. The van der Waals surface area contributed by atoms with Crippen molar-refractivity contribution in [1.29, 1.82) is 0 Å². The molecule has 0 aliphatic rings. The van der Waals surface area contributed by atoms with Crippen LogP contribution in [0.5, 0.6) is 0 Å². The summed E-state index contributed by atoms with van der Waals surface area (Å²) >= 11 is 11.7. The van der Waals surface area contributed by atoms with E-state index in [0.29, 0.717) is 16.1 Å². The third-order valence-corrected chi connectivity index (χ3v) is 3.61. The van der Waals surface area contributed by atoms with Gasteiger partial charge in [-0.05, 0) is 23.8 Å². The number of benzene rings is 2. The van der Waals surface area contributed by atoms with E-state index in [9.17, 15) is 9.59 Å². The Morgan fingerprint density at radius 2 is 1.67 bits per heavy atom. The number of hydrogen-bond donors (Lipinski definition) is 2. The lowest BCUT2D eigenvalue weighted by molar-refractivity contribution is -0.120. The first-order chi connectivity index (χ1) is 9.99. The van der Waals surface area contributed by atoms with E-state index in [1.165, 1.54) is 18.2 Å². The summed E-state index contributed by atoms with van der Waals surface area (Å²) < 4.78 is 0. The number of hydrogen-bond acceptors (Lipinski definition) is 2. The molecule has 4 nitrogen and oxygen atoms in total. The smallest absolute Gasteiger partial charge is 0.252 e. The fourth-order valence-electron chi connectivity index (χ4n) is 1.82. The quantitative estimate of drug-likeness (QED) is 0.908. The van der Waals surface area contributed by atoms with Gasteiger partial charge in [-0.2, -0.15) is 0 Å². The second-order valence-electron chi connectivity index (χ2n) is 4.35. The van der Waals surface area contributed by atoms with E-state index in [4.69, 9.17) is 28.9 Å². The molecule has 0 fully saturated rings. The molecular weight excluding hydrogens is 311 g/mol. The lowest BCUT2D eigenvalue weighted by Crippen LogP contribution is -2.37. The van der Waals surface area contributed by atoms with Crippen LogP contribution in [0.15, 0.2) is 48.5 Å². The number of primary amides is 1. The van der Waals surface area contributed by atoms with Crippen molar-refractivity contribution in [3.05, 3.63) is 69.7 Å². The number of amides is 2. The molecule has 0 aliphatic carbocycles. The van der Waals surface area contributed by atoms with Gasteiger partial charge in [-0.3, -0.25) is 9.59 Å². The van der Waals surface area contributed by atoms with Crippen LogP contribution >= 0.6 is 23.2 Å². The van der Waals surface area contributed by atoms with Crippen LogP contribution in [0.1, 0.15) is 22.0 Å². The maximum atomic E-state index is 12.2. The van der Waals surface area contributed by atoms with Crippen LogP contribution in [0.25, 0.3) is 0 Å². The Morgan fingerprint density at radius 1 is 1.00 bits per heavy atom. The van der Waals surface area contributed by atoms with Crippen LogP contribution < -0.4 is 11.1 Å². The van der Waals surface area contributed by atoms with Gasteiger partial charge in [0.1, 0.15) is 6.04 Å². The fourth-order valence-corrected chi connectivity index (χ4v) is 2.11. The fraction of sp³-hybridized carbons (Fsp3) is 0.0667. The maximum Gasteiger partial charge on any atom is 0.252 e. The minimum Gasteiger partial charge on any atom is -0.368 e. The molecule has 21 heavy (non-hydrogen) atoms. The van der Waals surface area contributed by atoms with Crippen LogP contribution in [-0.4, -0.2) is 11.8 Å². The van der Waals surface area contributed by atoms with Gasteiger partial charge in [-0.25, -0.2) is 0 Å². The summed E-state index contributed by atoms with van der Waals surface area (Å²) in [6, 6.07) is 12.3. The van der Waals surface area contributed by atoms with Gasteiger partial charge in [-0.1, -0.05) is 53.5 Å². The van der Waals surface area contributed by atoms with Crippen molar-refractivity contribution in [3.8, 4) is 0 Å². The minimum absolute atomic E-state index is 0.264. The molecule has 0 heterocycles. The van der Waals surface area contributed by atoms with Crippen molar-refractivity contribution in [2.45, 2.75) is 6.04 Å². The largest absolute Gasteiger partial charge is 0.368 e. The number of nitrogens with two attached hydrogens (primary N) is 1. The van der Waals surface area contributed by atoms with E-state index in [0.717, 1.165) is 0 Å². The normalized spacial score (nSPS) is 11.7. The lowest BCUT2D eigenvalue weighted by atomic mass is 10.1. The van der Waals surface area contributed by atoms with E-state index >= 15 is 0 Å². The second-order valence-corrected chi connectivity index (χ2v) is 5.16. The highest BCUT2D eigenvalue weighted by atomic mass is 35.5. The molecule has 2 aromatic carbocycles. The van der Waals surface area contributed by atoms with Gasteiger partial charge in [0, 0.05) is 5.56 Å². The number of halogens is 2. The van der Waals surface area contributed by atoms with Crippen LogP contribution in [-0.2, 0) is 4.79 Å². The summed E-state index contributed by atoms with van der Waals surface area (Å²) in [5.41, 5.74) is 6.26. The van der Waals surface area contributed by atoms with E-state index in [-0.39, 0.29) is 5.02 Å². The minimum atomic E-state index is -0.909. The van der Waals surface area contributed by atoms with Gasteiger partial charge in [-0.15, -0.1) is 0 Å². The van der Waals surface area contributed by atoms with Crippen LogP contribution in [0.2, 0.25) is 10.0 Å². The van der Waals surface area contributed by atoms with Crippen molar-refractivity contribution in [2.75, 3.05) is 0 Å². The number of carbonyl (C=O) groups is 2. The van der Waals surface area contributed by atoms with Crippen molar-refractivity contribution >= 4 is 35.0 Å². The first-order valence-corrected chi connectivity index (χ1v) is 6.85. The first-order valence-electron chi connectivity index (χ1n) is 6.09. The van der Waals surface area contributed by atoms with Gasteiger partial charge in [0.15, 0.2) is 0 Å². The zero-order chi connectivity index (χ0) is 15.4. The van der Waals surface area contributed by atoms with Gasteiger partial charge < -0.3 is 11.1 Å². The highest BCUT2D eigenvalue weighted by molar-refractivity contribution is 6.42. The third kappa shape index (κ3) is 3.74. The van der Waals surface area contributed by atoms with Gasteiger partial charge in [0.25, 0.3) is 5.91 Å². The molecule has 2 aromatic rings. The zero-order valence-corrected chi connectivity index (χ0v) is 12.4. The van der Waals surface area contributed by atoms with Gasteiger partial charge >= 0.3 is 0 Å². The molecule has 6 heteroatoms. The average molecular weight is 323 g/mol. The van der Waals surface area contributed by atoms with Crippen molar-refractivity contribution in [2.24, 2.45) is 5.73 Å². The second kappa shape index (κ2) is 6.61. The summed E-state index contributed by atoms with van der Waals surface area (Å²) in [6.45, 7) is 0. The Hall–Kier alpha value is -2.04. The Balaban J connectivity index is 2.23. The highest BCUT2D eigenvalue weighted by Gasteiger charge is 2.21. The Morgan fingerprint density at radius 3 is 2.24 bits per heavy atom. The molecule has 0 saturated carbocycles. The Bertz CT molecular complexity index is 675. The van der Waals surface area contributed by atoms with Gasteiger partial charge in [0.05, 0.1) is 10.0 Å².